The average Bonchev–Trinajstić information content (AvgIpc) is 3.46. The van der Waals surface area contributed by atoms with Gasteiger partial charge in [0, 0.05) is 16.3 Å². The minimum absolute atomic E-state index is 0.0709. The molecule has 0 spiro atoms. The number of hydrogen-bond acceptors (Lipinski definition) is 1. The fraction of sp³-hybridized carbons (Fsp3) is 0.0909. The fourth-order valence-electron chi connectivity index (χ4n) is 7.34. The van der Waals surface area contributed by atoms with E-state index in [1.165, 1.54) is 65.7 Å². The molecule has 0 aliphatic heterocycles. The number of benzene rings is 8. The van der Waals surface area contributed by atoms with Crippen LogP contribution in [0.4, 0.5) is 0 Å². The topological polar surface area (TPSA) is 13.1 Å². The molecule has 1 nitrogen and oxygen atoms in total. The average molecular weight is 577 g/mol. The van der Waals surface area contributed by atoms with Gasteiger partial charge >= 0.3 is 0 Å². The van der Waals surface area contributed by atoms with Gasteiger partial charge in [0.2, 0.25) is 0 Å². The molecule has 1 aromatic heterocycles. The van der Waals surface area contributed by atoms with Crippen molar-refractivity contribution in [3.05, 3.63) is 145 Å². The third-order valence-electron chi connectivity index (χ3n) is 9.58. The molecular weight excluding hydrogens is 544 g/mol. The maximum absolute atomic E-state index is 6.54. The molecule has 0 aliphatic rings. The first kappa shape index (κ1) is 26.0. The maximum Gasteiger partial charge on any atom is 0.143 e. The van der Waals surface area contributed by atoms with E-state index in [4.69, 9.17) is 4.42 Å². The van der Waals surface area contributed by atoms with E-state index in [-0.39, 0.29) is 5.41 Å². The second kappa shape index (κ2) is 9.55. The summed E-state index contributed by atoms with van der Waals surface area (Å²) < 4.78 is 6.54. The lowest BCUT2D eigenvalue weighted by atomic mass is 9.81. The Balaban J connectivity index is 1.40. The zero-order chi connectivity index (χ0) is 30.3. The molecule has 0 saturated carbocycles. The van der Waals surface area contributed by atoms with Crippen molar-refractivity contribution in [1.29, 1.82) is 0 Å². The van der Waals surface area contributed by atoms with Crippen molar-refractivity contribution in [1.82, 2.24) is 0 Å². The molecule has 0 aliphatic carbocycles. The molecule has 0 saturated heterocycles. The molecule has 8 aromatic carbocycles. The molecular formula is C44H32O. The van der Waals surface area contributed by atoms with Crippen molar-refractivity contribution in [2.75, 3.05) is 0 Å². The van der Waals surface area contributed by atoms with Crippen molar-refractivity contribution in [3.8, 4) is 33.4 Å². The van der Waals surface area contributed by atoms with Gasteiger partial charge in [-0.05, 0) is 83.2 Å². The minimum atomic E-state index is 0.0709. The second-order valence-corrected chi connectivity index (χ2v) is 13.3. The molecule has 0 fully saturated rings. The van der Waals surface area contributed by atoms with Gasteiger partial charge in [-0.15, -0.1) is 0 Å². The van der Waals surface area contributed by atoms with Crippen molar-refractivity contribution in [3.63, 3.8) is 0 Å². The first-order chi connectivity index (χ1) is 22.0. The predicted octanol–water partition coefficient (Wildman–Crippen LogP) is 12.8. The highest BCUT2D eigenvalue weighted by molar-refractivity contribution is 6.28. The molecule has 9 rings (SSSR count). The minimum Gasteiger partial charge on any atom is -0.455 e. The van der Waals surface area contributed by atoms with Crippen LogP contribution in [0, 0.1) is 0 Å². The van der Waals surface area contributed by atoms with Gasteiger partial charge in [-0.1, -0.05) is 148 Å². The van der Waals surface area contributed by atoms with Gasteiger partial charge in [0.15, 0.2) is 0 Å². The Labute approximate surface area is 262 Å². The summed E-state index contributed by atoms with van der Waals surface area (Å²) in [6, 6.07) is 51.0. The maximum atomic E-state index is 6.54. The zero-order valence-corrected chi connectivity index (χ0v) is 25.7. The van der Waals surface area contributed by atoms with Gasteiger partial charge in [0.05, 0.1) is 0 Å². The van der Waals surface area contributed by atoms with E-state index in [2.05, 4.69) is 154 Å². The molecule has 9 aromatic rings. The Morgan fingerprint density at radius 1 is 0.422 bits per heavy atom. The number of hydrogen-bond donors (Lipinski definition) is 0. The Kier molecular flexibility index (Phi) is 5.53. The van der Waals surface area contributed by atoms with Crippen LogP contribution in [0.2, 0.25) is 0 Å². The smallest absolute Gasteiger partial charge is 0.143 e. The first-order valence-electron chi connectivity index (χ1n) is 15.8. The lowest BCUT2D eigenvalue weighted by molar-refractivity contribution is 0.591. The van der Waals surface area contributed by atoms with Crippen LogP contribution >= 0.6 is 0 Å². The summed E-state index contributed by atoms with van der Waals surface area (Å²) >= 11 is 0. The third kappa shape index (κ3) is 3.94. The highest BCUT2D eigenvalue weighted by Gasteiger charge is 2.22. The van der Waals surface area contributed by atoms with Crippen LogP contribution in [0.1, 0.15) is 26.3 Å². The lowest BCUT2D eigenvalue weighted by Gasteiger charge is -2.23. The molecule has 214 valence electrons. The Bertz CT molecular complexity index is 2540. The van der Waals surface area contributed by atoms with Crippen LogP contribution in [0.5, 0.6) is 0 Å². The summed E-state index contributed by atoms with van der Waals surface area (Å²) in [7, 11) is 0. The van der Waals surface area contributed by atoms with Crippen LogP contribution < -0.4 is 0 Å². The predicted molar refractivity (Wildman–Crippen MR) is 192 cm³/mol. The zero-order valence-electron chi connectivity index (χ0n) is 25.7. The molecule has 1 heteroatoms. The SMILES string of the molecule is CC(C)(C)c1cc2ccc3c(-c4ccccc4)cc(-c4ccccc4-c4cccc5c4oc4ccccc45)c4ccc(c1)c2c34. The number of fused-ring (bicyclic) bond motifs is 3. The van der Waals surface area contributed by atoms with Crippen LogP contribution in [-0.2, 0) is 5.41 Å². The summed E-state index contributed by atoms with van der Waals surface area (Å²) in [5.41, 5.74) is 10.5. The quantitative estimate of drug-likeness (QED) is 0.191. The molecule has 45 heavy (non-hydrogen) atoms. The van der Waals surface area contributed by atoms with Gasteiger partial charge in [0.25, 0.3) is 0 Å². The summed E-state index contributed by atoms with van der Waals surface area (Å²) in [5, 5.41) is 10.1. The highest BCUT2D eigenvalue weighted by atomic mass is 16.3. The van der Waals surface area contributed by atoms with E-state index in [0.717, 1.165) is 27.5 Å². The third-order valence-corrected chi connectivity index (χ3v) is 9.58. The van der Waals surface area contributed by atoms with Crippen LogP contribution in [0.25, 0.3) is 87.6 Å². The largest absolute Gasteiger partial charge is 0.455 e. The van der Waals surface area contributed by atoms with Crippen LogP contribution in [-0.4, -0.2) is 0 Å². The second-order valence-electron chi connectivity index (χ2n) is 13.3. The summed E-state index contributed by atoms with van der Waals surface area (Å²) in [4.78, 5) is 0. The van der Waals surface area contributed by atoms with E-state index in [1.807, 2.05) is 6.07 Å². The molecule has 1 heterocycles. The number of para-hydroxylation sites is 2. The van der Waals surface area contributed by atoms with Gasteiger partial charge < -0.3 is 4.42 Å². The van der Waals surface area contributed by atoms with E-state index in [0.29, 0.717) is 0 Å². The molecule has 0 N–H and O–H groups in total. The number of rotatable bonds is 3. The summed E-state index contributed by atoms with van der Waals surface area (Å²) in [5.74, 6) is 0. The van der Waals surface area contributed by atoms with Crippen LogP contribution in [0.3, 0.4) is 0 Å². The normalized spacial score (nSPS) is 12.3. The van der Waals surface area contributed by atoms with E-state index < -0.39 is 0 Å². The summed E-state index contributed by atoms with van der Waals surface area (Å²) in [6.45, 7) is 6.89. The van der Waals surface area contributed by atoms with E-state index in [9.17, 15) is 0 Å². The molecule has 0 unspecified atom stereocenters. The van der Waals surface area contributed by atoms with E-state index in [1.54, 1.807) is 0 Å². The van der Waals surface area contributed by atoms with Crippen molar-refractivity contribution >= 4 is 54.3 Å². The molecule has 0 amide bonds. The van der Waals surface area contributed by atoms with Gasteiger partial charge in [-0.3, -0.25) is 0 Å². The van der Waals surface area contributed by atoms with Gasteiger partial charge in [-0.25, -0.2) is 0 Å². The Morgan fingerprint density at radius 3 is 1.76 bits per heavy atom. The van der Waals surface area contributed by atoms with Crippen molar-refractivity contribution < 1.29 is 4.42 Å². The van der Waals surface area contributed by atoms with Crippen LogP contribution in [0.15, 0.2) is 144 Å². The highest BCUT2D eigenvalue weighted by Crippen LogP contribution is 2.47. The van der Waals surface area contributed by atoms with Crippen molar-refractivity contribution in [2.24, 2.45) is 0 Å². The van der Waals surface area contributed by atoms with Gasteiger partial charge in [0.1, 0.15) is 11.2 Å². The van der Waals surface area contributed by atoms with E-state index >= 15 is 0 Å². The summed E-state index contributed by atoms with van der Waals surface area (Å²) in [6.07, 6.45) is 0. The fourth-order valence-corrected chi connectivity index (χ4v) is 7.34. The standard InChI is InChI=1S/C44H32O/c1-44(2,3)30-24-28-20-22-34-38(27-12-5-4-6-13-27)26-39(35-23-21-29(25-30)41(28)42(34)35)32-15-8-7-14-31(32)36-17-11-18-37-33-16-9-10-19-40(33)45-43(36)37/h4-26H,1-3H3. The van der Waals surface area contributed by atoms with Gasteiger partial charge in [-0.2, -0.15) is 0 Å². The Morgan fingerprint density at radius 2 is 1.02 bits per heavy atom. The molecule has 0 radical (unpaired) electrons. The Hall–Kier alpha value is -5.40. The number of furan rings is 1. The molecule has 0 atom stereocenters. The van der Waals surface area contributed by atoms with Crippen molar-refractivity contribution in [2.45, 2.75) is 26.2 Å². The molecule has 0 bridgehead atoms. The monoisotopic (exact) mass is 576 g/mol. The lowest BCUT2D eigenvalue weighted by Crippen LogP contribution is -2.10. The first-order valence-corrected chi connectivity index (χ1v) is 15.8.